The second kappa shape index (κ2) is 4.89. The number of carbonyl (C=O) groups excluding carboxylic acids is 1. The highest BCUT2D eigenvalue weighted by atomic mass is 16.5. The van der Waals surface area contributed by atoms with Gasteiger partial charge in [-0.1, -0.05) is 12.1 Å². The Kier molecular flexibility index (Phi) is 3.52. The summed E-state index contributed by atoms with van der Waals surface area (Å²) in [5, 5.41) is 3.51. The summed E-state index contributed by atoms with van der Waals surface area (Å²) in [4.78, 5) is 14.0. The van der Waals surface area contributed by atoms with Crippen LogP contribution in [-0.4, -0.2) is 13.1 Å². The summed E-state index contributed by atoms with van der Waals surface area (Å²) in [7, 11) is 1.33. The van der Waals surface area contributed by atoms with Crippen molar-refractivity contribution in [2.45, 2.75) is 6.54 Å². The van der Waals surface area contributed by atoms with E-state index in [1.54, 1.807) is 24.3 Å². The fourth-order valence-electron chi connectivity index (χ4n) is 1.03. The van der Waals surface area contributed by atoms with Gasteiger partial charge in [0.2, 0.25) is 4.91 Å². The SMILES string of the molecule is COC(=O)c1cccc(CN=[N+]=N)c1. The summed E-state index contributed by atoms with van der Waals surface area (Å²) < 4.78 is 4.57. The first-order chi connectivity index (χ1) is 6.77. The lowest BCUT2D eigenvalue weighted by Crippen LogP contribution is -2.01. The first kappa shape index (κ1) is 10.1. The molecule has 0 aromatic heterocycles. The Bertz CT molecular complexity index is 383. The first-order valence-corrected chi connectivity index (χ1v) is 3.98. The standard InChI is InChI=1S/C9H10N3O2/c1-14-9(13)8-4-2-3-7(5-8)6-11-12-10/h2-5,10H,6H2,1H3/q+1. The Hall–Kier alpha value is -2.00. The van der Waals surface area contributed by atoms with Gasteiger partial charge in [-0.2, -0.15) is 0 Å². The van der Waals surface area contributed by atoms with Crippen LogP contribution in [0.15, 0.2) is 29.4 Å². The highest BCUT2D eigenvalue weighted by Crippen LogP contribution is 2.07. The molecule has 1 aromatic rings. The van der Waals surface area contributed by atoms with Gasteiger partial charge in [-0.05, 0) is 17.7 Å². The molecule has 0 bridgehead atoms. The smallest absolute Gasteiger partial charge is 0.337 e. The van der Waals surface area contributed by atoms with Crippen LogP contribution in [0.5, 0.6) is 0 Å². The van der Waals surface area contributed by atoms with Gasteiger partial charge in [-0.25, -0.2) is 4.79 Å². The molecule has 0 unspecified atom stereocenters. The van der Waals surface area contributed by atoms with E-state index in [9.17, 15) is 4.79 Å². The van der Waals surface area contributed by atoms with E-state index >= 15 is 0 Å². The Morgan fingerprint density at radius 2 is 2.43 bits per heavy atom. The summed E-state index contributed by atoms with van der Waals surface area (Å²) in [6, 6.07) is 6.87. The van der Waals surface area contributed by atoms with Crippen molar-refractivity contribution < 1.29 is 9.53 Å². The molecule has 5 nitrogen and oxygen atoms in total. The maximum Gasteiger partial charge on any atom is 0.337 e. The van der Waals surface area contributed by atoms with Crippen molar-refractivity contribution in [3.63, 3.8) is 0 Å². The molecule has 1 aromatic carbocycles. The Morgan fingerprint density at radius 1 is 1.64 bits per heavy atom. The fraction of sp³-hybridized carbons (Fsp3) is 0.222. The van der Waals surface area contributed by atoms with Crippen LogP contribution in [0.1, 0.15) is 15.9 Å². The third-order valence-corrected chi connectivity index (χ3v) is 1.67. The number of methoxy groups -OCH3 is 1. The lowest BCUT2D eigenvalue weighted by molar-refractivity contribution is 0.0600. The monoisotopic (exact) mass is 192 g/mol. The van der Waals surface area contributed by atoms with Crippen LogP contribution in [0.4, 0.5) is 0 Å². The molecule has 0 fully saturated rings. The molecular formula is C9H10N3O2+. The number of nitrogens with zero attached hydrogens (tertiary/aromatic N) is 2. The van der Waals surface area contributed by atoms with E-state index in [1.165, 1.54) is 7.11 Å². The van der Waals surface area contributed by atoms with Gasteiger partial charge < -0.3 is 4.74 Å². The number of benzene rings is 1. The highest BCUT2D eigenvalue weighted by Gasteiger charge is 2.05. The molecule has 0 saturated heterocycles. The molecule has 0 aliphatic rings. The van der Waals surface area contributed by atoms with Crippen molar-refractivity contribution in [1.29, 1.82) is 5.53 Å². The topological polar surface area (TPSA) is 76.6 Å². The van der Waals surface area contributed by atoms with Crippen molar-refractivity contribution >= 4 is 5.97 Å². The fourth-order valence-corrected chi connectivity index (χ4v) is 1.03. The minimum Gasteiger partial charge on any atom is -0.465 e. The number of ether oxygens (including phenoxy) is 1. The van der Waals surface area contributed by atoms with Gasteiger partial charge >= 0.3 is 5.97 Å². The number of esters is 1. The van der Waals surface area contributed by atoms with Crippen LogP contribution in [-0.2, 0) is 11.3 Å². The third-order valence-electron chi connectivity index (χ3n) is 1.67. The molecule has 0 saturated carbocycles. The minimum absolute atomic E-state index is 0.300. The van der Waals surface area contributed by atoms with E-state index in [4.69, 9.17) is 5.53 Å². The number of hydrogen-bond donors (Lipinski definition) is 1. The molecule has 5 heteroatoms. The van der Waals surface area contributed by atoms with Crippen molar-refractivity contribution in [2.24, 2.45) is 5.11 Å². The molecule has 0 amide bonds. The van der Waals surface area contributed by atoms with Gasteiger partial charge in [-0.3, -0.25) is 0 Å². The van der Waals surface area contributed by atoms with E-state index in [-0.39, 0.29) is 5.97 Å². The van der Waals surface area contributed by atoms with E-state index in [2.05, 4.69) is 14.8 Å². The molecule has 14 heavy (non-hydrogen) atoms. The second-order valence-electron chi connectivity index (χ2n) is 2.59. The quantitative estimate of drug-likeness (QED) is 0.447. The predicted molar refractivity (Wildman–Crippen MR) is 48.8 cm³/mol. The maximum absolute atomic E-state index is 11.1. The molecule has 0 aliphatic heterocycles. The molecule has 0 spiro atoms. The number of hydrogen-bond acceptors (Lipinski definition) is 4. The first-order valence-electron chi connectivity index (χ1n) is 3.98. The maximum atomic E-state index is 11.1. The van der Waals surface area contributed by atoms with E-state index in [0.29, 0.717) is 12.1 Å². The molecule has 1 N–H and O–H groups in total. The second-order valence-corrected chi connectivity index (χ2v) is 2.59. The summed E-state index contributed by atoms with van der Waals surface area (Å²) in [6.07, 6.45) is 0. The summed E-state index contributed by atoms with van der Waals surface area (Å²) in [5.41, 5.74) is 7.79. The Balaban J connectivity index is 2.88. The van der Waals surface area contributed by atoms with Crippen LogP contribution in [0, 0.1) is 5.53 Å². The van der Waals surface area contributed by atoms with Gasteiger partial charge in [0, 0.05) is 0 Å². The number of carbonyl (C=O) groups is 1. The van der Waals surface area contributed by atoms with Crippen LogP contribution in [0.2, 0.25) is 0 Å². The zero-order chi connectivity index (χ0) is 10.4. The average molecular weight is 192 g/mol. The third kappa shape index (κ3) is 2.50. The molecule has 0 radical (unpaired) electrons. The molecule has 1 rings (SSSR count). The minimum atomic E-state index is -0.380. The van der Waals surface area contributed by atoms with Gasteiger partial charge in [0.05, 0.1) is 12.7 Å². The highest BCUT2D eigenvalue weighted by molar-refractivity contribution is 5.89. The van der Waals surface area contributed by atoms with Crippen molar-refractivity contribution in [3.05, 3.63) is 35.4 Å². The molecule has 0 aliphatic carbocycles. The molecule has 72 valence electrons. The van der Waals surface area contributed by atoms with Crippen LogP contribution < -0.4 is 4.91 Å². The molecule has 0 atom stereocenters. The van der Waals surface area contributed by atoms with Crippen molar-refractivity contribution in [1.82, 2.24) is 4.91 Å². The Morgan fingerprint density at radius 3 is 3.07 bits per heavy atom. The lowest BCUT2D eigenvalue weighted by Gasteiger charge is -1.99. The van der Waals surface area contributed by atoms with Crippen molar-refractivity contribution in [3.8, 4) is 0 Å². The summed E-state index contributed by atoms with van der Waals surface area (Å²) >= 11 is 0. The van der Waals surface area contributed by atoms with E-state index in [0.717, 1.165) is 5.56 Å². The number of nitrogens with one attached hydrogen (secondary N) is 1. The van der Waals surface area contributed by atoms with Gasteiger partial charge in [0.1, 0.15) is 17.2 Å². The zero-order valence-corrected chi connectivity index (χ0v) is 7.73. The average Bonchev–Trinajstić information content (AvgIpc) is 2.25. The van der Waals surface area contributed by atoms with Gasteiger partial charge in [0.15, 0.2) is 0 Å². The lowest BCUT2D eigenvalue weighted by atomic mass is 10.1. The zero-order valence-electron chi connectivity index (χ0n) is 7.73. The van der Waals surface area contributed by atoms with E-state index in [1.807, 2.05) is 0 Å². The largest absolute Gasteiger partial charge is 0.465 e. The number of rotatable bonds is 3. The van der Waals surface area contributed by atoms with Crippen LogP contribution in [0.3, 0.4) is 0 Å². The summed E-state index contributed by atoms with van der Waals surface area (Å²) in [5.74, 6) is -0.380. The van der Waals surface area contributed by atoms with E-state index < -0.39 is 0 Å². The van der Waals surface area contributed by atoms with Crippen molar-refractivity contribution in [2.75, 3.05) is 7.11 Å². The Labute approximate surface area is 80.9 Å². The van der Waals surface area contributed by atoms with Gasteiger partial charge in [-0.15, -0.1) is 0 Å². The molecule has 0 heterocycles. The predicted octanol–water partition coefficient (Wildman–Crippen LogP) is 1.52. The van der Waals surface area contributed by atoms with Crippen LogP contribution in [0.25, 0.3) is 0 Å². The molecular weight excluding hydrogens is 182 g/mol. The van der Waals surface area contributed by atoms with Gasteiger partial charge in [0.25, 0.3) is 0 Å². The summed E-state index contributed by atoms with van der Waals surface area (Å²) in [6.45, 7) is 0.300. The van der Waals surface area contributed by atoms with Crippen LogP contribution >= 0.6 is 0 Å². The normalized spacial score (nSPS) is 8.93.